The Morgan fingerprint density at radius 2 is 1.87 bits per heavy atom. The first-order chi connectivity index (χ1) is 18.1. The number of aromatic amines is 1. The van der Waals surface area contributed by atoms with E-state index in [0.29, 0.717) is 24.4 Å². The van der Waals surface area contributed by atoms with Crippen molar-refractivity contribution in [3.05, 3.63) is 80.7 Å². The molecule has 0 bridgehead atoms. The van der Waals surface area contributed by atoms with Gasteiger partial charge in [-0.1, -0.05) is 42.3 Å². The molecule has 2 amide bonds. The molecule has 1 heterocycles. The van der Waals surface area contributed by atoms with E-state index in [1.165, 1.54) is 16.7 Å². The number of nitrogens with one attached hydrogen (secondary N) is 3. The summed E-state index contributed by atoms with van der Waals surface area (Å²) in [5.74, 6) is -0.523. The van der Waals surface area contributed by atoms with Crippen LogP contribution in [0.5, 0.6) is 11.5 Å². The number of aryl methyl sites for hydroxylation is 3. The molecule has 38 heavy (non-hydrogen) atoms. The molecule has 1 aromatic heterocycles. The van der Waals surface area contributed by atoms with Crippen molar-refractivity contribution in [2.45, 2.75) is 46.8 Å². The molecule has 0 aliphatic heterocycles. The minimum absolute atomic E-state index is 0.0519. The summed E-state index contributed by atoms with van der Waals surface area (Å²) < 4.78 is 7.29. The predicted octanol–water partition coefficient (Wildman–Crippen LogP) is 5.37. The number of aromatic nitrogens is 2. The molecule has 4 rings (SSSR count). The van der Waals surface area contributed by atoms with E-state index >= 15 is 0 Å². The Kier molecular flexibility index (Phi) is 7.78. The molecule has 0 fully saturated rings. The summed E-state index contributed by atoms with van der Waals surface area (Å²) in [6.07, 6.45) is -0.277. The SMILES string of the molecule is CCC(Oc1ccc(C)cc1C)C(=O)Nc1cccc(C(=O)Nc2cc(Cl)c3[nH]c(=O)n(CC)c3c2O)c1. The Balaban J connectivity index is 1.52. The van der Waals surface area contributed by atoms with Gasteiger partial charge in [0.25, 0.3) is 11.8 Å². The number of phenolic OH excluding ortho intramolecular Hbond substituents is 1. The molecule has 0 saturated carbocycles. The summed E-state index contributed by atoms with van der Waals surface area (Å²) in [7, 11) is 0. The normalized spacial score (nSPS) is 11.8. The fraction of sp³-hybridized carbons (Fsp3) is 0.250. The van der Waals surface area contributed by atoms with Gasteiger partial charge in [0.2, 0.25) is 0 Å². The van der Waals surface area contributed by atoms with E-state index in [0.717, 1.165) is 11.1 Å². The molecule has 1 unspecified atom stereocenters. The van der Waals surface area contributed by atoms with Crippen LogP contribution in [0.2, 0.25) is 5.02 Å². The number of imidazole rings is 1. The molecular formula is C28H29ClN4O5. The molecule has 0 spiro atoms. The minimum atomic E-state index is -0.725. The molecule has 3 aromatic carbocycles. The van der Waals surface area contributed by atoms with Gasteiger partial charge in [-0.3, -0.25) is 14.2 Å². The minimum Gasteiger partial charge on any atom is -0.504 e. The first-order valence-corrected chi connectivity index (χ1v) is 12.6. The number of anilines is 2. The van der Waals surface area contributed by atoms with Crippen molar-refractivity contribution in [1.29, 1.82) is 0 Å². The topological polar surface area (TPSA) is 125 Å². The van der Waals surface area contributed by atoms with Crippen LogP contribution in [0.4, 0.5) is 11.4 Å². The van der Waals surface area contributed by atoms with Crippen LogP contribution in [-0.2, 0) is 11.3 Å². The number of ether oxygens (including phenoxy) is 1. The van der Waals surface area contributed by atoms with E-state index in [1.54, 1.807) is 25.1 Å². The lowest BCUT2D eigenvalue weighted by molar-refractivity contribution is -0.122. The van der Waals surface area contributed by atoms with Crippen LogP contribution in [0.15, 0.2) is 53.3 Å². The van der Waals surface area contributed by atoms with Crippen molar-refractivity contribution in [3.63, 3.8) is 0 Å². The largest absolute Gasteiger partial charge is 0.504 e. The molecule has 1 atom stereocenters. The number of aromatic hydroxyl groups is 1. The number of hydrogen-bond acceptors (Lipinski definition) is 5. The van der Waals surface area contributed by atoms with Crippen molar-refractivity contribution < 1.29 is 19.4 Å². The van der Waals surface area contributed by atoms with Crippen LogP contribution in [0.25, 0.3) is 11.0 Å². The number of rotatable bonds is 8. The maximum Gasteiger partial charge on any atom is 0.326 e. The molecule has 9 nitrogen and oxygen atoms in total. The molecule has 198 valence electrons. The van der Waals surface area contributed by atoms with Crippen molar-refractivity contribution in [2.75, 3.05) is 10.6 Å². The fourth-order valence-corrected chi connectivity index (χ4v) is 4.49. The van der Waals surface area contributed by atoms with E-state index < -0.39 is 17.7 Å². The number of carbonyl (C=O) groups is 2. The highest BCUT2D eigenvalue weighted by atomic mass is 35.5. The van der Waals surface area contributed by atoms with Gasteiger partial charge in [-0.2, -0.15) is 0 Å². The van der Waals surface area contributed by atoms with Gasteiger partial charge in [-0.05, 0) is 63.1 Å². The van der Waals surface area contributed by atoms with Crippen LogP contribution in [0.3, 0.4) is 0 Å². The zero-order chi connectivity index (χ0) is 27.6. The maximum atomic E-state index is 13.0. The molecule has 0 aliphatic rings. The Hall–Kier alpha value is -4.24. The van der Waals surface area contributed by atoms with Crippen LogP contribution in [-0.4, -0.2) is 32.6 Å². The highest BCUT2D eigenvalue weighted by molar-refractivity contribution is 6.35. The molecule has 0 aliphatic carbocycles. The van der Waals surface area contributed by atoms with Crippen molar-refractivity contribution in [2.24, 2.45) is 0 Å². The van der Waals surface area contributed by atoms with Gasteiger partial charge < -0.3 is 25.5 Å². The lowest BCUT2D eigenvalue weighted by atomic mass is 10.1. The standard InChI is InChI=1S/C28H29ClN4O5/c1-5-21(38-22-11-10-15(3)12-16(22)4)27(36)30-18-9-7-8-17(13-18)26(35)31-20-14-19(29)23-24(25(20)34)33(6-2)28(37)32-23/h7-14,21,34H,5-6H2,1-4H3,(H,30,36)(H,31,35)(H,32,37). The average Bonchev–Trinajstić information content (AvgIpc) is 3.23. The number of halogens is 1. The number of phenols is 1. The number of nitrogens with zero attached hydrogens (tertiary/aromatic N) is 1. The zero-order valence-electron chi connectivity index (χ0n) is 21.5. The van der Waals surface area contributed by atoms with Crippen molar-refractivity contribution in [3.8, 4) is 11.5 Å². The second-order valence-corrected chi connectivity index (χ2v) is 9.37. The molecule has 10 heteroatoms. The van der Waals surface area contributed by atoms with E-state index in [2.05, 4.69) is 15.6 Å². The first-order valence-electron chi connectivity index (χ1n) is 12.2. The Morgan fingerprint density at radius 3 is 2.55 bits per heavy atom. The number of H-pyrrole nitrogens is 1. The van der Waals surface area contributed by atoms with Crippen molar-refractivity contribution in [1.82, 2.24) is 9.55 Å². The highest BCUT2D eigenvalue weighted by Crippen LogP contribution is 2.36. The quantitative estimate of drug-likeness (QED) is 0.225. The lowest BCUT2D eigenvalue weighted by Gasteiger charge is -2.19. The van der Waals surface area contributed by atoms with Crippen LogP contribution >= 0.6 is 11.6 Å². The summed E-state index contributed by atoms with van der Waals surface area (Å²) in [4.78, 5) is 40.8. The third-order valence-corrected chi connectivity index (χ3v) is 6.49. The van der Waals surface area contributed by atoms with Crippen LogP contribution in [0, 0.1) is 13.8 Å². The van der Waals surface area contributed by atoms with E-state index in [4.69, 9.17) is 16.3 Å². The van der Waals surface area contributed by atoms with Gasteiger partial charge in [-0.15, -0.1) is 0 Å². The van der Waals surface area contributed by atoms with Gasteiger partial charge in [0, 0.05) is 17.8 Å². The lowest BCUT2D eigenvalue weighted by Crippen LogP contribution is -2.32. The van der Waals surface area contributed by atoms with E-state index in [1.807, 2.05) is 39.0 Å². The zero-order valence-corrected chi connectivity index (χ0v) is 22.3. The third-order valence-electron chi connectivity index (χ3n) is 6.19. The summed E-state index contributed by atoms with van der Waals surface area (Å²) in [6.45, 7) is 7.82. The summed E-state index contributed by atoms with van der Waals surface area (Å²) >= 11 is 6.30. The Labute approximate surface area is 224 Å². The van der Waals surface area contributed by atoms with Gasteiger partial charge in [0.05, 0.1) is 16.2 Å². The van der Waals surface area contributed by atoms with Crippen LogP contribution < -0.4 is 21.1 Å². The van der Waals surface area contributed by atoms with Gasteiger partial charge in [0.15, 0.2) is 11.9 Å². The summed E-state index contributed by atoms with van der Waals surface area (Å²) in [6, 6.07) is 13.5. The second-order valence-electron chi connectivity index (χ2n) is 8.96. The van der Waals surface area contributed by atoms with Crippen LogP contribution in [0.1, 0.15) is 41.8 Å². The molecular weight excluding hydrogens is 508 g/mol. The molecule has 4 N–H and O–H groups in total. The molecule has 0 radical (unpaired) electrons. The fourth-order valence-electron chi connectivity index (χ4n) is 4.24. The van der Waals surface area contributed by atoms with E-state index in [-0.39, 0.29) is 39.0 Å². The van der Waals surface area contributed by atoms with Gasteiger partial charge in [-0.25, -0.2) is 4.79 Å². The van der Waals surface area contributed by atoms with Gasteiger partial charge >= 0.3 is 5.69 Å². The second kappa shape index (κ2) is 11.0. The third kappa shape index (κ3) is 5.38. The predicted molar refractivity (Wildman–Crippen MR) is 149 cm³/mol. The summed E-state index contributed by atoms with van der Waals surface area (Å²) in [5.41, 5.74) is 2.81. The number of carbonyl (C=O) groups excluding carboxylic acids is 2. The molecule has 4 aromatic rings. The average molecular weight is 537 g/mol. The number of benzene rings is 3. The number of amides is 2. The highest BCUT2D eigenvalue weighted by Gasteiger charge is 2.21. The Morgan fingerprint density at radius 1 is 1.11 bits per heavy atom. The maximum absolute atomic E-state index is 13.0. The van der Waals surface area contributed by atoms with Gasteiger partial charge in [0.1, 0.15) is 11.3 Å². The smallest absolute Gasteiger partial charge is 0.326 e. The monoisotopic (exact) mass is 536 g/mol. The first kappa shape index (κ1) is 26.8. The van der Waals surface area contributed by atoms with E-state index in [9.17, 15) is 19.5 Å². The Bertz CT molecular complexity index is 1590. The number of fused-ring (bicyclic) bond motifs is 1. The van der Waals surface area contributed by atoms with Crippen molar-refractivity contribution >= 4 is 45.8 Å². The molecule has 0 saturated heterocycles. The summed E-state index contributed by atoms with van der Waals surface area (Å²) in [5, 5.41) is 16.4. The number of hydrogen-bond donors (Lipinski definition) is 4.